The molecule has 27 heavy (non-hydrogen) atoms. The molecule has 1 aromatic rings. The van der Waals surface area contributed by atoms with E-state index in [1.54, 1.807) is 13.8 Å². The van der Waals surface area contributed by atoms with Crippen LogP contribution in [0.1, 0.15) is 20.3 Å². The topological polar surface area (TPSA) is 110 Å². The van der Waals surface area contributed by atoms with E-state index < -0.39 is 34.1 Å². The van der Waals surface area contributed by atoms with Gasteiger partial charge in [0.05, 0.1) is 23.6 Å². The maximum atomic E-state index is 12.2. The van der Waals surface area contributed by atoms with Crippen LogP contribution >= 0.6 is 11.6 Å². The standard InChI is InChI=1S/C17H23ClN2O6S/c1-3-19-15(21)11-20(4-2)16(22)12-26-17(23)9-10-27(24,25)14-7-5-13(18)6-8-14/h5-8H,3-4,9-12H2,1-2H3,(H,19,21). The molecule has 0 aliphatic rings. The van der Waals surface area contributed by atoms with Crippen LogP contribution in [0, 0.1) is 0 Å². The molecule has 1 N–H and O–H groups in total. The Hall–Kier alpha value is -2.13. The molecule has 0 heterocycles. The van der Waals surface area contributed by atoms with Gasteiger partial charge in [0.25, 0.3) is 5.91 Å². The molecule has 10 heteroatoms. The lowest BCUT2D eigenvalue weighted by Crippen LogP contribution is -2.42. The highest BCUT2D eigenvalue weighted by molar-refractivity contribution is 7.91. The quantitative estimate of drug-likeness (QED) is 0.568. The van der Waals surface area contributed by atoms with E-state index in [9.17, 15) is 22.8 Å². The van der Waals surface area contributed by atoms with Gasteiger partial charge in [-0.3, -0.25) is 14.4 Å². The van der Waals surface area contributed by atoms with Crippen LogP contribution in [0.25, 0.3) is 0 Å². The SMILES string of the molecule is CCNC(=O)CN(CC)C(=O)COC(=O)CCS(=O)(=O)c1ccc(Cl)cc1. The molecule has 0 radical (unpaired) electrons. The number of esters is 1. The second-order valence-electron chi connectivity index (χ2n) is 5.54. The van der Waals surface area contributed by atoms with Crippen LogP contribution in [0.15, 0.2) is 29.2 Å². The number of benzene rings is 1. The Balaban J connectivity index is 2.48. The van der Waals surface area contributed by atoms with Crippen molar-refractivity contribution >= 4 is 39.2 Å². The van der Waals surface area contributed by atoms with Crippen molar-refractivity contribution < 1.29 is 27.5 Å². The van der Waals surface area contributed by atoms with E-state index in [-0.39, 0.29) is 30.3 Å². The molecule has 8 nitrogen and oxygen atoms in total. The number of hydrogen-bond acceptors (Lipinski definition) is 6. The van der Waals surface area contributed by atoms with E-state index in [0.29, 0.717) is 11.6 Å². The van der Waals surface area contributed by atoms with E-state index in [1.807, 2.05) is 0 Å². The van der Waals surface area contributed by atoms with Crippen LogP contribution in [0.5, 0.6) is 0 Å². The maximum Gasteiger partial charge on any atom is 0.307 e. The van der Waals surface area contributed by atoms with Gasteiger partial charge in [-0.25, -0.2) is 8.42 Å². The minimum Gasteiger partial charge on any atom is -0.456 e. The van der Waals surface area contributed by atoms with Gasteiger partial charge in [0.15, 0.2) is 16.4 Å². The fraction of sp³-hybridized carbons (Fsp3) is 0.471. The monoisotopic (exact) mass is 418 g/mol. The van der Waals surface area contributed by atoms with Crippen molar-refractivity contribution in [3.63, 3.8) is 0 Å². The first kappa shape index (κ1) is 22.9. The molecule has 0 aromatic heterocycles. The summed E-state index contributed by atoms with van der Waals surface area (Å²) in [5.74, 6) is -2.10. The van der Waals surface area contributed by atoms with E-state index >= 15 is 0 Å². The molecule has 0 saturated carbocycles. The van der Waals surface area contributed by atoms with Crippen molar-refractivity contribution in [1.29, 1.82) is 0 Å². The third-order valence-electron chi connectivity index (χ3n) is 3.55. The lowest BCUT2D eigenvalue weighted by atomic mass is 10.4. The van der Waals surface area contributed by atoms with E-state index in [0.717, 1.165) is 0 Å². The molecule has 0 bridgehead atoms. The lowest BCUT2D eigenvalue weighted by molar-refractivity contribution is -0.152. The third-order valence-corrected chi connectivity index (χ3v) is 5.53. The normalized spacial score (nSPS) is 10.9. The number of rotatable bonds is 10. The second-order valence-corrected chi connectivity index (χ2v) is 8.09. The van der Waals surface area contributed by atoms with Gasteiger partial charge >= 0.3 is 5.97 Å². The van der Waals surface area contributed by atoms with Gasteiger partial charge in [0.1, 0.15) is 0 Å². The highest BCUT2D eigenvalue weighted by Gasteiger charge is 2.20. The number of halogens is 1. The van der Waals surface area contributed by atoms with E-state index in [2.05, 4.69) is 5.32 Å². The van der Waals surface area contributed by atoms with Crippen molar-refractivity contribution in [3.8, 4) is 0 Å². The highest BCUT2D eigenvalue weighted by Crippen LogP contribution is 2.16. The van der Waals surface area contributed by atoms with Crippen molar-refractivity contribution in [3.05, 3.63) is 29.3 Å². The Morgan fingerprint density at radius 3 is 2.33 bits per heavy atom. The van der Waals surface area contributed by atoms with Crippen LogP contribution in [0.3, 0.4) is 0 Å². The number of sulfone groups is 1. The molecule has 0 fully saturated rings. The predicted octanol–water partition coefficient (Wildman–Crippen LogP) is 1.03. The van der Waals surface area contributed by atoms with Gasteiger partial charge in [0.2, 0.25) is 5.91 Å². The van der Waals surface area contributed by atoms with Crippen molar-refractivity contribution in [2.24, 2.45) is 0 Å². The number of nitrogens with one attached hydrogen (secondary N) is 1. The molecule has 0 unspecified atom stereocenters. The summed E-state index contributed by atoms with van der Waals surface area (Å²) in [5.41, 5.74) is 0. The summed E-state index contributed by atoms with van der Waals surface area (Å²) in [7, 11) is -3.66. The van der Waals surface area contributed by atoms with Crippen molar-refractivity contribution in [2.45, 2.75) is 25.2 Å². The van der Waals surface area contributed by atoms with Crippen molar-refractivity contribution in [1.82, 2.24) is 10.2 Å². The minimum atomic E-state index is -3.66. The molecule has 0 spiro atoms. The number of carbonyl (C=O) groups excluding carboxylic acids is 3. The molecular weight excluding hydrogens is 396 g/mol. The Morgan fingerprint density at radius 1 is 1.15 bits per heavy atom. The first-order valence-corrected chi connectivity index (χ1v) is 10.4. The summed E-state index contributed by atoms with van der Waals surface area (Å²) in [6.45, 7) is 3.49. The number of hydrogen-bond donors (Lipinski definition) is 1. The largest absolute Gasteiger partial charge is 0.456 e. The first-order chi connectivity index (χ1) is 12.7. The number of amides is 2. The van der Waals surface area contributed by atoms with E-state index in [4.69, 9.17) is 16.3 Å². The fourth-order valence-corrected chi connectivity index (χ4v) is 3.43. The summed E-state index contributed by atoms with van der Waals surface area (Å²) in [6, 6.07) is 5.60. The van der Waals surface area contributed by atoms with Gasteiger partial charge < -0.3 is 15.0 Å². The zero-order chi connectivity index (χ0) is 20.4. The number of ether oxygens (including phenoxy) is 1. The smallest absolute Gasteiger partial charge is 0.307 e. The summed E-state index contributed by atoms with van der Waals surface area (Å²) in [6.07, 6.45) is -0.388. The molecule has 0 atom stereocenters. The number of nitrogens with zero attached hydrogens (tertiary/aromatic N) is 1. The van der Waals surface area contributed by atoms with Gasteiger partial charge in [-0.15, -0.1) is 0 Å². The molecule has 0 aliphatic heterocycles. The van der Waals surface area contributed by atoms with Gasteiger partial charge in [-0.1, -0.05) is 11.6 Å². The van der Waals surface area contributed by atoms with E-state index in [1.165, 1.54) is 29.2 Å². The predicted molar refractivity (Wildman–Crippen MR) is 100 cm³/mol. The third kappa shape index (κ3) is 7.96. The minimum absolute atomic E-state index is 0.0508. The number of likely N-dealkylation sites (N-methyl/N-ethyl adjacent to an activating group) is 2. The molecule has 150 valence electrons. The fourth-order valence-electron chi connectivity index (χ4n) is 2.09. The Kier molecular flexibility index (Phi) is 9.23. The van der Waals surface area contributed by atoms with Gasteiger partial charge in [-0.05, 0) is 38.1 Å². The highest BCUT2D eigenvalue weighted by atomic mass is 35.5. The van der Waals surface area contributed by atoms with Crippen LogP contribution in [0.2, 0.25) is 5.02 Å². The summed E-state index contributed by atoms with van der Waals surface area (Å²) < 4.78 is 29.1. The summed E-state index contributed by atoms with van der Waals surface area (Å²) >= 11 is 5.72. The van der Waals surface area contributed by atoms with Crippen LogP contribution in [-0.4, -0.2) is 63.1 Å². The average Bonchev–Trinajstić information content (AvgIpc) is 2.63. The molecule has 2 amide bonds. The molecule has 0 aliphatic carbocycles. The molecule has 1 aromatic carbocycles. The molecule has 0 saturated heterocycles. The molecule has 1 rings (SSSR count). The van der Waals surface area contributed by atoms with Crippen LogP contribution in [0.4, 0.5) is 0 Å². The molecular formula is C17H23ClN2O6S. The first-order valence-electron chi connectivity index (χ1n) is 8.38. The Bertz CT molecular complexity index is 764. The lowest BCUT2D eigenvalue weighted by Gasteiger charge is -2.20. The second kappa shape index (κ2) is 10.9. The average molecular weight is 419 g/mol. The zero-order valence-corrected chi connectivity index (χ0v) is 16.8. The van der Waals surface area contributed by atoms with Gasteiger partial charge in [0, 0.05) is 18.1 Å². The Morgan fingerprint density at radius 2 is 1.78 bits per heavy atom. The van der Waals surface area contributed by atoms with Gasteiger partial charge in [-0.2, -0.15) is 0 Å². The zero-order valence-electron chi connectivity index (χ0n) is 15.2. The maximum absolute atomic E-state index is 12.2. The summed E-state index contributed by atoms with van der Waals surface area (Å²) in [5, 5.41) is 2.97. The number of carbonyl (C=O) groups is 3. The summed E-state index contributed by atoms with van der Waals surface area (Å²) in [4.78, 5) is 36.6. The Labute approximate surface area is 163 Å². The van der Waals surface area contributed by atoms with Crippen LogP contribution < -0.4 is 5.32 Å². The van der Waals surface area contributed by atoms with Crippen molar-refractivity contribution in [2.75, 3.05) is 32.0 Å². The van der Waals surface area contributed by atoms with Crippen LogP contribution in [-0.2, 0) is 29.0 Å².